The van der Waals surface area contributed by atoms with E-state index >= 15 is 0 Å². The summed E-state index contributed by atoms with van der Waals surface area (Å²) in [4.78, 5) is 24.7. The third-order valence-electron chi connectivity index (χ3n) is 4.95. The topological polar surface area (TPSA) is 67.4 Å². The Balaban J connectivity index is 1.46. The van der Waals surface area contributed by atoms with E-state index in [4.69, 9.17) is 4.74 Å². The van der Waals surface area contributed by atoms with Gasteiger partial charge in [-0.3, -0.25) is 4.79 Å². The van der Waals surface area contributed by atoms with Crippen molar-refractivity contribution in [1.82, 2.24) is 9.97 Å². The predicted molar refractivity (Wildman–Crippen MR) is 117 cm³/mol. The Morgan fingerprint density at radius 2 is 1.93 bits per heavy atom. The number of carbonyl (C=O) groups is 1. The molecule has 1 aromatic carbocycles. The summed E-state index contributed by atoms with van der Waals surface area (Å²) in [6.45, 7) is 7.10. The van der Waals surface area contributed by atoms with Gasteiger partial charge in [0, 0.05) is 18.7 Å². The van der Waals surface area contributed by atoms with Gasteiger partial charge in [0.25, 0.3) is 5.91 Å². The van der Waals surface area contributed by atoms with E-state index in [1.54, 1.807) is 6.20 Å². The maximum absolute atomic E-state index is 12.8. The number of pyridine rings is 1. The maximum atomic E-state index is 12.8. The van der Waals surface area contributed by atoms with Gasteiger partial charge >= 0.3 is 0 Å². The van der Waals surface area contributed by atoms with Crippen LogP contribution in [0.4, 0.5) is 11.5 Å². The Labute approximate surface area is 174 Å². The first-order valence-electron chi connectivity index (χ1n) is 9.81. The van der Waals surface area contributed by atoms with Crippen molar-refractivity contribution in [2.24, 2.45) is 0 Å². The number of benzene rings is 1. The van der Waals surface area contributed by atoms with Crippen LogP contribution in [0.15, 0.2) is 42.6 Å². The van der Waals surface area contributed by atoms with Gasteiger partial charge in [-0.1, -0.05) is 31.2 Å². The van der Waals surface area contributed by atoms with Gasteiger partial charge in [-0.05, 0) is 31.0 Å². The molecule has 0 radical (unpaired) electrons. The van der Waals surface area contributed by atoms with Crippen LogP contribution in [-0.2, 0) is 11.2 Å². The van der Waals surface area contributed by atoms with Crippen LogP contribution in [0.2, 0.25) is 0 Å². The zero-order valence-electron chi connectivity index (χ0n) is 16.6. The second kappa shape index (κ2) is 8.71. The molecule has 1 aliphatic heterocycles. The molecule has 0 unspecified atom stereocenters. The summed E-state index contributed by atoms with van der Waals surface area (Å²) in [5, 5.41) is 3.80. The van der Waals surface area contributed by atoms with Gasteiger partial charge in [0.1, 0.15) is 15.7 Å². The summed E-state index contributed by atoms with van der Waals surface area (Å²) >= 11 is 1.41. The highest BCUT2D eigenvalue weighted by molar-refractivity contribution is 7.17. The van der Waals surface area contributed by atoms with Gasteiger partial charge in [-0.2, -0.15) is 0 Å². The van der Waals surface area contributed by atoms with Gasteiger partial charge in [-0.25, -0.2) is 9.97 Å². The van der Waals surface area contributed by atoms with Gasteiger partial charge in [-0.15, -0.1) is 11.3 Å². The molecule has 0 atom stereocenters. The van der Waals surface area contributed by atoms with Crippen LogP contribution < -0.4 is 10.2 Å². The number of hydrogen-bond acceptors (Lipinski definition) is 6. The summed E-state index contributed by atoms with van der Waals surface area (Å²) in [6.07, 6.45) is 2.70. The van der Waals surface area contributed by atoms with Crippen LogP contribution in [0.1, 0.15) is 27.9 Å². The Hall–Kier alpha value is -2.77. The number of morpholine rings is 1. The van der Waals surface area contributed by atoms with Gasteiger partial charge in [0.05, 0.1) is 30.8 Å². The molecule has 1 amide bonds. The molecule has 1 aliphatic rings. The van der Waals surface area contributed by atoms with Crippen molar-refractivity contribution in [2.75, 3.05) is 36.5 Å². The second-order valence-corrected chi connectivity index (χ2v) is 7.94. The number of rotatable bonds is 5. The first-order chi connectivity index (χ1) is 14.1. The monoisotopic (exact) mass is 408 g/mol. The van der Waals surface area contributed by atoms with Crippen LogP contribution in [0.3, 0.4) is 0 Å². The van der Waals surface area contributed by atoms with Gasteiger partial charge < -0.3 is 15.0 Å². The molecule has 0 spiro atoms. The van der Waals surface area contributed by atoms with Gasteiger partial charge in [0.2, 0.25) is 0 Å². The van der Waals surface area contributed by atoms with Crippen LogP contribution in [0.25, 0.3) is 10.6 Å². The number of amides is 1. The average Bonchev–Trinajstić information content (AvgIpc) is 3.17. The number of carbonyl (C=O) groups excluding carboxylic acids is 1. The number of nitrogens with zero attached hydrogens (tertiary/aromatic N) is 3. The highest BCUT2D eigenvalue weighted by Crippen LogP contribution is 2.29. The maximum Gasteiger partial charge on any atom is 0.267 e. The minimum Gasteiger partial charge on any atom is -0.378 e. The zero-order valence-corrected chi connectivity index (χ0v) is 17.5. The van der Waals surface area contributed by atoms with E-state index in [0.29, 0.717) is 23.8 Å². The predicted octanol–water partition coefficient (Wildman–Crippen LogP) is 4.16. The van der Waals surface area contributed by atoms with Crippen molar-refractivity contribution in [1.29, 1.82) is 0 Å². The number of nitrogens with one attached hydrogen (secondary N) is 1. The average molecular weight is 409 g/mol. The molecule has 1 saturated heterocycles. The number of aromatic nitrogens is 2. The molecular formula is C22H24N4O2S. The van der Waals surface area contributed by atoms with E-state index in [-0.39, 0.29) is 5.91 Å². The van der Waals surface area contributed by atoms with E-state index in [2.05, 4.69) is 51.4 Å². The summed E-state index contributed by atoms with van der Waals surface area (Å²) in [5.41, 5.74) is 3.73. The van der Waals surface area contributed by atoms with Gasteiger partial charge in [0.15, 0.2) is 0 Å². The molecule has 1 N–H and O–H groups in total. The first-order valence-corrected chi connectivity index (χ1v) is 10.6. The minimum atomic E-state index is -0.155. The molecule has 0 bridgehead atoms. The highest BCUT2D eigenvalue weighted by atomic mass is 32.1. The Kier molecular flexibility index (Phi) is 5.87. The van der Waals surface area contributed by atoms with E-state index < -0.39 is 0 Å². The van der Waals surface area contributed by atoms with E-state index in [1.165, 1.54) is 16.9 Å². The normalized spacial score (nSPS) is 14.1. The van der Waals surface area contributed by atoms with E-state index in [1.807, 2.05) is 19.1 Å². The molecule has 0 aliphatic carbocycles. The van der Waals surface area contributed by atoms with Crippen LogP contribution in [0, 0.1) is 6.92 Å². The van der Waals surface area contributed by atoms with Crippen molar-refractivity contribution < 1.29 is 9.53 Å². The van der Waals surface area contributed by atoms with Crippen LogP contribution in [0.5, 0.6) is 0 Å². The van der Waals surface area contributed by atoms with Crippen molar-refractivity contribution in [3.63, 3.8) is 0 Å². The lowest BCUT2D eigenvalue weighted by Crippen LogP contribution is -2.36. The molecule has 150 valence electrons. The zero-order chi connectivity index (χ0) is 20.2. The molecule has 6 nitrogen and oxygen atoms in total. The van der Waals surface area contributed by atoms with Crippen molar-refractivity contribution in [2.45, 2.75) is 20.3 Å². The lowest BCUT2D eigenvalue weighted by molar-refractivity contribution is 0.102. The molecule has 3 heterocycles. The molecule has 7 heteroatoms. The summed E-state index contributed by atoms with van der Waals surface area (Å²) in [5.74, 6) is 0.746. The summed E-state index contributed by atoms with van der Waals surface area (Å²) in [6, 6.07) is 12.2. The lowest BCUT2D eigenvalue weighted by Gasteiger charge is -2.27. The third-order valence-corrected chi connectivity index (χ3v) is 6.16. The summed E-state index contributed by atoms with van der Waals surface area (Å²) in [7, 11) is 0. The molecule has 3 aromatic rings. The third kappa shape index (κ3) is 4.46. The number of hydrogen-bond donors (Lipinski definition) is 1. The number of anilines is 2. The SMILES string of the molecule is CCc1ccc(-c2nc(C)c(C(=O)Nc3ccc(N4CCOCC4)nc3)s2)cc1. The number of ether oxygens (including phenoxy) is 1. The number of aryl methyl sites for hydroxylation is 2. The highest BCUT2D eigenvalue weighted by Gasteiger charge is 2.17. The standard InChI is InChI=1S/C22H24N4O2S/c1-3-16-4-6-17(7-5-16)22-24-15(2)20(29-22)21(27)25-18-8-9-19(23-14-18)26-10-12-28-13-11-26/h4-9,14H,3,10-13H2,1-2H3,(H,25,27). The Morgan fingerprint density at radius 3 is 2.59 bits per heavy atom. The minimum absolute atomic E-state index is 0.155. The van der Waals surface area contributed by atoms with E-state index in [9.17, 15) is 4.79 Å². The molecular weight excluding hydrogens is 384 g/mol. The van der Waals surface area contributed by atoms with Crippen molar-refractivity contribution in [3.8, 4) is 10.6 Å². The molecule has 4 rings (SSSR count). The largest absolute Gasteiger partial charge is 0.378 e. The molecule has 0 saturated carbocycles. The Bertz CT molecular complexity index is 977. The molecule has 1 fully saturated rings. The van der Waals surface area contributed by atoms with Crippen LogP contribution in [-0.4, -0.2) is 42.2 Å². The fourth-order valence-electron chi connectivity index (χ4n) is 3.24. The fourth-order valence-corrected chi connectivity index (χ4v) is 4.21. The van der Waals surface area contributed by atoms with Crippen LogP contribution >= 0.6 is 11.3 Å². The first kappa shape index (κ1) is 19.5. The second-order valence-electron chi connectivity index (χ2n) is 6.94. The number of thiazole rings is 1. The quantitative estimate of drug-likeness (QED) is 0.686. The Morgan fingerprint density at radius 1 is 1.17 bits per heavy atom. The molecule has 2 aromatic heterocycles. The fraction of sp³-hybridized carbons (Fsp3) is 0.318. The van der Waals surface area contributed by atoms with Crippen molar-refractivity contribution in [3.05, 3.63) is 58.7 Å². The smallest absolute Gasteiger partial charge is 0.267 e. The summed E-state index contributed by atoms with van der Waals surface area (Å²) < 4.78 is 5.37. The lowest BCUT2D eigenvalue weighted by atomic mass is 10.1. The van der Waals surface area contributed by atoms with E-state index in [0.717, 1.165) is 41.6 Å². The molecule has 29 heavy (non-hydrogen) atoms. The van der Waals surface area contributed by atoms with Crippen molar-refractivity contribution >= 4 is 28.7 Å².